The number of nitrogens with one attached hydrogen (secondary N) is 2. The summed E-state index contributed by atoms with van der Waals surface area (Å²) in [5.41, 5.74) is -1.54. The second-order valence-electron chi connectivity index (χ2n) is 10.6. The highest BCUT2D eigenvalue weighted by molar-refractivity contribution is 7.89. The Balaban J connectivity index is 1.74. The summed E-state index contributed by atoms with van der Waals surface area (Å²) in [5.74, 6) is -1.11. The van der Waals surface area contributed by atoms with Gasteiger partial charge in [0.1, 0.15) is 16.8 Å². The molecule has 1 aliphatic carbocycles. The monoisotopic (exact) mass is 606 g/mol. The summed E-state index contributed by atoms with van der Waals surface area (Å²) in [4.78, 5) is 32.0. The molecule has 1 saturated heterocycles. The van der Waals surface area contributed by atoms with E-state index in [9.17, 15) is 27.5 Å². The number of hydrogen-bond donors (Lipinski definition) is 3. The van der Waals surface area contributed by atoms with Crippen LogP contribution in [0.25, 0.3) is 10.4 Å². The topological polar surface area (TPSA) is 129 Å². The molecule has 2 aromatic rings. The van der Waals surface area contributed by atoms with Crippen LogP contribution in [-0.4, -0.2) is 72.2 Å². The Hall–Kier alpha value is -1.83. The lowest BCUT2D eigenvalue weighted by atomic mass is 10.1. The van der Waals surface area contributed by atoms with Gasteiger partial charge in [0.15, 0.2) is 5.01 Å². The van der Waals surface area contributed by atoms with Crippen LogP contribution in [0.15, 0.2) is 17.0 Å². The number of carbonyl (C=O) groups excluding carboxylic acids is 2. The Labute approximate surface area is 234 Å². The van der Waals surface area contributed by atoms with E-state index in [1.165, 1.54) is 30.9 Å². The van der Waals surface area contributed by atoms with Gasteiger partial charge in [0, 0.05) is 30.7 Å². The Morgan fingerprint density at radius 1 is 1.24 bits per heavy atom. The van der Waals surface area contributed by atoms with Gasteiger partial charge in [-0.1, -0.05) is 29.3 Å². The molecule has 1 aromatic heterocycles. The average molecular weight is 608 g/mol. The van der Waals surface area contributed by atoms with Gasteiger partial charge in [0.2, 0.25) is 10.0 Å². The van der Waals surface area contributed by atoms with E-state index in [2.05, 4.69) is 15.0 Å². The highest BCUT2D eigenvalue weighted by atomic mass is 35.5. The van der Waals surface area contributed by atoms with Crippen LogP contribution in [0, 0.1) is 0 Å². The first kappa shape index (κ1) is 29.2. The SMILES string of the molecule is CC(C)(O)CNC(=O)c1nc(C(=O)N2CCC(F)CC2)c(-c2ccc(S(=O)(=O)NC3(C)CC3)c(Cl)c2Cl)s1. The van der Waals surface area contributed by atoms with E-state index < -0.39 is 39.1 Å². The number of aromatic nitrogens is 1. The third kappa shape index (κ3) is 6.48. The molecule has 0 radical (unpaired) electrons. The highest BCUT2D eigenvalue weighted by Gasteiger charge is 2.42. The number of amides is 2. The molecule has 1 saturated carbocycles. The van der Waals surface area contributed by atoms with Crippen molar-refractivity contribution in [3.8, 4) is 10.4 Å². The average Bonchev–Trinajstić information content (AvgIpc) is 3.37. The van der Waals surface area contributed by atoms with Crippen molar-refractivity contribution in [1.29, 1.82) is 0 Å². The highest BCUT2D eigenvalue weighted by Crippen LogP contribution is 2.43. The van der Waals surface area contributed by atoms with Crippen molar-refractivity contribution in [2.75, 3.05) is 19.6 Å². The van der Waals surface area contributed by atoms with Crippen LogP contribution in [-0.2, 0) is 10.0 Å². The van der Waals surface area contributed by atoms with Gasteiger partial charge in [0.25, 0.3) is 11.8 Å². The number of thiazole rings is 1. The lowest BCUT2D eigenvalue weighted by molar-refractivity contribution is 0.0660. The molecule has 2 amide bonds. The molecule has 4 rings (SSSR count). The molecular formula is C24H29Cl2FN4O5S2. The molecule has 0 spiro atoms. The zero-order chi connectivity index (χ0) is 28.0. The summed E-state index contributed by atoms with van der Waals surface area (Å²) in [5, 5.41) is 12.1. The molecule has 208 valence electrons. The molecule has 0 unspecified atom stereocenters. The van der Waals surface area contributed by atoms with Crippen LogP contribution in [0.1, 0.15) is 66.7 Å². The fraction of sp³-hybridized carbons (Fsp3) is 0.542. The molecule has 3 N–H and O–H groups in total. The van der Waals surface area contributed by atoms with Crippen molar-refractivity contribution in [2.24, 2.45) is 0 Å². The van der Waals surface area contributed by atoms with Crippen LogP contribution in [0.2, 0.25) is 10.0 Å². The van der Waals surface area contributed by atoms with Crippen molar-refractivity contribution in [1.82, 2.24) is 19.9 Å². The molecule has 1 aromatic carbocycles. The fourth-order valence-corrected chi connectivity index (χ4v) is 7.30. The standard InChI is InChI=1S/C24H29Cl2FN4O5S2/c1-23(2,34)12-28-20(32)21-29-18(22(33)31-10-6-13(27)7-11-31)19(37-21)14-4-5-15(17(26)16(14)25)38(35,36)30-24(3)8-9-24/h4-5,13,30,34H,6-12H2,1-3H3,(H,28,32). The Kier molecular flexibility index (Phi) is 8.15. The summed E-state index contributed by atoms with van der Waals surface area (Å²) in [6, 6.07) is 2.73. The van der Waals surface area contributed by atoms with Crippen molar-refractivity contribution in [3.63, 3.8) is 0 Å². The number of sulfonamides is 1. The smallest absolute Gasteiger partial charge is 0.280 e. The summed E-state index contributed by atoms with van der Waals surface area (Å²) in [6.07, 6.45) is 0.802. The number of alkyl halides is 1. The van der Waals surface area contributed by atoms with Gasteiger partial charge in [-0.15, -0.1) is 11.3 Å². The molecule has 0 bridgehead atoms. The van der Waals surface area contributed by atoms with Gasteiger partial charge < -0.3 is 15.3 Å². The lowest BCUT2D eigenvalue weighted by Crippen LogP contribution is -2.39. The predicted octanol–water partition coefficient (Wildman–Crippen LogP) is 4.02. The van der Waals surface area contributed by atoms with E-state index in [0.717, 1.165) is 11.3 Å². The van der Waals surface area contributed by atoms with Crippen LogP contribution < -0.4 is 10.0 Å². The van der Waals surface area contributed by atoms with E-state index in [0.29, 0.717) is 12.8 Å². The zero-order valence-corrected chi connectivity index (χ0v) is 24.3. The van der Waals surface area contributed by atoms with Crippen molar-refractivity contribution in [2.45, 2.75) is 68.7 Å². The van der Waals surface area contributed by atoms with E-state index in [1.54, 1.807) is 6.92 Å². The molecule has 2 fully saturated rings. The van der Waals surface area contributed by atoms with Crippen LogP contribution in [0.5, 0.6) is 0 Å². The Morgan fingerprint density at radius 3 is 2.45 bits per heavy atom. The van der Waals surface area contributed by atoms with Gasteiger partial charge in [0.05, 0.1) is 20.5 Å². The molecule has 1 aliphatic heterocycles. The van der Waals surface area contributed by atoms with Gasteiger partial charge in [-0.25, -0.2) is 22.5 Å². The largest absolute Gasteiger partial charge is 0.389 e. The number of nitrogens with zero attached hydrogens (tertiary/aromatic N) is 2. The van der Waals surface area contributed by atoms with Gasteiger partial charge in [-0.2, -0.15) is 0 Å². The minimum atomic E-state index is -3.96. The number of halogens is 3. The number of carbonyl (C=O) groups is 2. The number of rotatable bonds is 8. The molecule has 2 heterocycles. The van der Waals surface area contributed by atoms with E-state index in [1.807, 2.05) is 0 Å². The lowest BCUT2D eigenvalue weighted by Gasteiger charge is -2.28. The van der Waals surface area contributed by atoms with Crippen molar-refractivity contribution < 1.29 is 27.5 Å². The van der Waals surface area contributed by atoms with E-state index in [4.69, 9.17) is 23.2 Å². The third-order valence-corrected chi connectivity index (χ3v) is 10.1. The fourth-order valence-electron chi connectivity index (χ4n) is 3.90. The van der Waals surface area contributed by atoms with E-state index in [-0.39, 0.29) is 68.6 Å². The number of benzene rings is 1. The van der Waals surface area contributed by atoms with E-state index >= 15 is 0 Å². The van der Waals surface area contributed by atoms with Crippen LogP contribution >= 0.6 is 34.5 Å². The number of hydrogen-bond acceptors (Lipinski definition) is 7. The second kappa shape index (κ2) is 10.6. The number of piperidine rings is 1. The predicted molar refractivity (Wildman–Crippen MR) is 144 cm³/mol. The minimum absolute atomic E-state index is 0.0554. The number of aliphatic hydroxyl groups is 1. The van der Waals surface area contributed by atoms with Crippen molar-refractivity contribution in [3.05, 3.63) is 32.9 Å². The Morgan fingerprint density at radius 2 is 1.87 bits per heavy atom. The molecular weight excluding hydrogens is 578 g/mol. The molecule has 14 heteroatoms. The van der Waals surface area contributed by atoms with Gasteiger partial charge in [-0.3, -0.25) is 9.59 Å². The first-order valence-corrected chi connectivity index (χ1v) is 15.1. The first-order chi connectivity index (χ1) is 17.6. The summed E-state index contributed by atoms with van der Waals surface area (Å²) >= 11 is 13.9. The summed E-state index contributed by atoms with van der Waals surface area (Å²) in [7, 11) is -3.96. The maximum Gasteiger partial charge on any atom is 0.280 e. The minimum Gasteiger partial charge on any atom is -0.389 e. The second-order valence-corrected chi connectivity index (χ2v) is 14.0. The third-order valence-electron chi connectivity index (χ3n) is 6.38. The summed E-state index contributed by atoms with van der Waals surface area (Å²) < 4.78 is 42.2. The van der Waals surface area contributed by atoms with Gasteiger partial charge in [-0.05, 0) is 52.5 Å². The van der Waals surface area contributed by atoms with Crippen LogP contribution in [0.3, 0.4) is 0 Å². The molecule has 2 aliphatic rings. The summed E-state index contributed by atoms with van der Waals surface area (Å²) in [6.45, 7) is 5.17. The quantitative estimate of drug-likeness (QED) is 0.416. The molecule has 9 nitrogen and oxygen atoms in total. The zero-order valence-electron chi connectivity index (χ0n) is 21.1. The first-order valence-electron chi connectivity index (χ1n) is 12.1. The normalized spacial score (nSPS) is 17.9. The number of likely N-dealkylation sites (tertiary alicyclic amines) is 1. The molecule has 38 heavy (non-hydrogen) atoms. The molecule has 0 atom stereocenters. The maximum absolute atomic E-state index is 13.7. The maximum atomic E-state index is 13.7. The Bertz CT molecular complexity index is 1360. The van der Waals surface area contributed by atoms with Gasteiger partial charge >= 0.3 is 0 Å². The van der Waals surface area contributed by atoms with Crippen LogP contribution in [0.4, 0.5) is 4.39 Å². The van der Waals surface area contributed by atoms with Crippen molar-refractivity contribution >= 4 is 56.4 Å².